The molecule has 4 aliphatic heterocycles. The Labute approximate surface area is 163 Å². The van der Waals surface area contributed by atoms with Crippen LogP contribution in [-0.4, -0.2) is 143 Å². The number of hydrogen-bond donors (Lipinski definition) is 0. The number of carbonyl (C=O) groups is 4. The number of fused-ring (bicyclic) bond motifs is 2. The monoisotopic (exact) mass is 394 g/mol. The van der Waals surface area contributed by atoms with Gasteiger partial charge in [0.05, 0.1) is 0 Å². The Bertz CT molecular complexity index is 699. The summed E-state index contributed by atoms with van der Waals surface area (Å²) in [7, 11) is 10.0. The van der Waals surface area contributed by atoms with Crippen LogP contribution in [0.25, 0.3) is 0 Å². The van der Waals surface area contributed by atoms with Crippen LogP contribution in [0.5, 0.6) is 0 Å². The molecule has 4 aliphatic rings. The maximum atomic E-state index is 12.8. The summed E-state index contributed by atoms with van der Waals surface area (Å²) in [6, 6.07) is -0.685. The molecule has 4 fully saturated rings. The molecule has 154 valence electrons. The number of nitrogens with zero attached hydrogens (tertiary/aromatic N) is 8. The first-order valence-corrected chi connectivity index (χ1v) is 9.15. The fraction of sp³-hybridized carbons (Fsp3) is 0.750. The molecular weight excluding hydrogens is 368 g/mol. The largest absolute Gasteiger partial charge is 0.323 e. The highest BCUT2D eigenvalue weighted by Gasteiger charge is 2.58. The van der Waals surface area contributed by atoms with Crippen molar-refractivity contribution < 1.29 is 19.2 Å². The second kappa shape index (κ2) is 5.79. The molecule has 8 amide bonds. The van der Waals surface area contributed by atoms with Crippen molar-refractivity contribution in [3.05, 3.63) is 0 Å². The molecule has 4 rings (SSSR count). The molecule has 12 nitrogen and oxygen atoms in total. The van der Waals surface area contributed by atoms with E-state index >= 15 is 0 Å². The molecule has 4 heterocycles. The molecule has 0 spiro atoms. The Balaban J connectivity index is 1.54. The number of hydrogen-bond acceptors (Lipinski definition) is 4. The van der Waals surface area contributed by atoms with Crippen LogP contribution in [0.1, 0.15) is 0 Å². The average molecular weight is 394 g/mol. The number of amides is 8. The van der Waals surface area contributed by atoms with Crippen molar-refractivity contribution in [1.29, 1.82) is 0 Å². The van der Waals surface area contributed by atoms with Crippen molar-refractivity contribution in [2.24, 2.45) is 0 Å². The number of urea groups is 4. The van der Waals surface area contributed by atoms with E-state index in [0.717, 1.165) is 0 Å². The van der Waals surface area contributed by atoms with E-state index in [1.165, 1.54) is 0 Å². The van der Waals surface area contributed by atoms with Gasteiger partial charge >= 0.3 is 24.1 Å². The molecule has 0 saturated carbocycles. The van der Waals surface area contributed by atoms with E-state index in [0.29, 0.717) is 0 Å². The van der Waals surface area contributed by atoms with Gasteiger partial charge in [0.15, 0.2) is 0 Å². The molecule has 4 saturated heterocycles. The fourth-order valence-corrected chi connectivity index (χ4v) is 4.94. The van der Waals surface area contributed by atoms with Gasteiger partial charge in [-0.15, -0.1) is 0 Å². The summed E-state index contributed by atoms with van der Waals surface area (Å²) in [5, 5.41) is 0. The number of carbonyl (C=O) groups excluding carboxylic acids is 4. The number of rotatable bonds is 3. The summed E-state index contributed by atoms with van der Waals surface area (Å²) < 4.78 is 0. The molecule has 0 aromatic heterocycles. The van der Waals surface area contributed by atoms with Gasteiger partial charge in [0.1, 0.15) is 24.7 Å². The van der Waals surface area contributed by atoms with Gasteiger partial charge < -0.3 is 29.4 Å². The van der Waals surface area contributed by atoms with Crippen LogP contribution in [-0.2, 0) is 0 Å². The first kappa shape index (κ1) is 18.4. The lowest BCUT2D eigenvalue weighted by atomic mass is 10.3. The Kier molecular flexibility index (Phi) is 3.81. The lowest BCUT2D eigenvalue weighted by molar-refractivity contribution is 0.111. The van der Waals surface area contributed by atoms with Gasteiger partial charge in [0, 0.05) is 55.4 Å². The molecule has 12 heteroatoms. The maximum absolute atomic E-state index is 12.8. The first-order chi connectivity index (χ1) is 13.1. The fourth-order valence-electron chi connectivity index (χ4n) is 4.94. The van der Waals surface area contributed by atoms with Gasteiger partial charge in [-0.05, 0) is 0 Å². The van der Waals surface area contributed by atoms with Gasteiger partial charge in [-0.2, -0.15) is 0 Å². The minimum absolute atomic E-state index is 0.154. The normalized spacial score (nSPS) is 32.6. The summed E-state index contributed by atoms with van der Waals surface area (Å²) in [5.41, 5.74) is 0. The minimum Gasteiger partial charge on any atom is -0.303 e. The summed E-state index contributed by atoms with van der Waals surface area (Å²) in [6.07, 6.45) is -1.55. The van der Waals surface area contributed by atoms with Crippen LogP contribution in [0.2, 0.25) is 0 Å². The zero-order valence-corrected chi connectivity index (χ0v) is 16.9. The van der Waals surface area contributed by atoms with Gasteiger partial charge in [-0.25, -0.2) is 19.2 Å². The van der Waals surface area contributed by atoms with E-state index < -0.39 is 12.3 Å². The van der Waals surface area contributed by atoms with E-state index in [-0.39, 0.29) is 49.5 Å². The molecule has 0 unspecified atom stereocenters. The summed E-state index contributed by atoms with van der Waals surface area (Å²) in [4.78, 5) is 62.7. The third-order valence-electron chi connectivity index (χ3n) is 6.44. The third-order valence-corrected chi connectivity index (χ3v) is 6.44. The SMILES string of the molecule is CN1C(=O)N(C)[C@@H]2[C@@H]1N(C)C(=O)N2CCN1C(=O)N(C)[C@H]2[C@H]1N(C)C(=O)N2C. The summed E-state index contributed by atoms with van der Waals surface area (Å²) in [5.74, 6) is 0. The molecule has 0 aromatic carbocycles. The molecule has 0 radical (unpaired) electrons. The van der Waals surface area contributed by atoms with Gasteiger partial charge in [-0.3, -0.25) is 9.80 Å². The van der Waals surface area contributed by atoms with E-state index in [4.69, 9.17) is 0 Å². The zero-order valence-electron chi connectivity index (χ0n) is 16.9. The predicted octanol–water partition coefficient (Wildman–Crippen LogP) is -0.980. The van der Waals surface area contributed by atoms with E-state index in [9.17, 15) is 19.2 Å². The van der Waals surface area contributed by atoms with Crippen LogP contribution in [0, 0.1) is 0 Å². The summed E-state index contributed by atoms with van der Waals surface area (Å²) in [6.45, 7) is 0.536. The molecule has 0 aromatic rings. The first-order valence-electron chi connectivity index (χ1n) is 9.15. The maximum Gasteiger partial charge on any atom is 0.323 e. The molecule has 28 heavy (non-hydrogen) atoms. The molecule has 0 bridgehead atoms. The Morgan fingerprint density at radius 2 is 0.714 bits per heavy atom. The average Bonchev–Trinajstić information content (AvgIpc) is 3.23. The highest BCUT2D eigenvalue weighted by molar-refractivity contribution is 5.86. The third kappa shape index (κ3) is 2.05. The highest BCUT2D eigenvalue weighted by Crippen LogP contribution is 2.34. The Morgan fingerprint density at radius 3 is 1.04 bits per heavy atom. The van der Waals surface area contributed by atoms with Crippen LogP contribution in [0.4, 0.5) is 19.2 Å². The van der Waals surface area contributed by atoms with E-state index in [1.807, 2.05) is 0 Å². The smallest absolute Gasteiger partial charge is 0.303 e. The standard InChI is InChI=1S/C16H26N8O4/c1-17-9-11(21(5)13(17)25)23(15(27)19(9)3)7-8-24-12-10(20(4)16(24)28)18(2)14(26)22(12)6/h9-12H,7-8H2,1-6H3/t9-,10-,11-,12-/m0/s1. The van der Waals surface area contributed by atoms with Crippen LogP contribution in [0.3, 0.4) is 0 Å². The lowest BCUT2D eigenvalue weighted by Gasteiger charge is -2.31. The van der Waals surface area contributed by atoms with Gasteiger partial charge in [0.25, 0.3) is 0 Å². The van der Waals surface area contributed by atoms with Crippen molar-refractivity contribution in [3.63, 3.8) is 0 Å². The molecule has 0 aliphatic carbocycles. The Morgan fingerprint density at radius 1 is 0.464 bits per heavy atom. The van der Waals surface area contributed by atoms with Gasteiger partial charge in [0.2, 0.25) is 0 Å². The van der Waals surface area contributed by atoms with E-state index in [1.54, 1.807) is 81.5 Å². The van der Waals surface area contributed by atoms with Crippen LogP contribution in [0.15, 0.2) is 0 Å². The van der Waals surface area contributed by atoms with Crippen molar-refractivity contribution >= 4 is 24.1 Å². The minimum atomic E-state index is -0.410. The topological polar surface area (TPSA) is 94.2 Å². The van der Waals surface area contributed by atoms with E-state index in [2.05, 4.69) is 0 Å². The molecular formula is C16H26N8O4. The van der Waals surface area contributed by atoms with Crippen LogP contribution < -0.4 is 0 Å². The molecule has 4 atom stereocenters. The van der Waals surface area contributed by atoms with Crippen molar-refractivity contribution in [2.75, 3.05) is 55.4 Å². The number of likely N-dealkylation sites (N-methyl/N-ethyl adjacent to an activating group) is 6. The second-order valence-electron chi connectivity index (χ2n) is 7.84. The van der Waals surface area contributed by atoms with Gasteiger partial charge in [-0.1, -0.05) is 0 Å². The molecule has 0 N–H and O–H groups in total. The quantitative estimate of drug-likeness (QED) is 0.615. The van der Waals surface area contributed by atoms with Crippen molar-refractivity contribution in [2.45, 2.75) is 24.7 Å². The van der Waals surface area contributed by atoms with Crippen molar-refractivity contribution in [3.8, 4) is 0 Å². The summed E-state index contributed by atoms with van der Waals surface area (Å²) >= 11 is 0. The lowest BCUT2D eigenvalue weighted by Crippen LogP contribution is -2.51. The predicted molar refractivity (Wildman–Crippen MR) is 96.7 cm³/mol. The second-order valence-corrected chi connectivity index (χ2v) is 7.84. The highest BCUT2D eigenvalue weighted by atomic mass is 16.2. The van der Waals surface area contributed by atoms with Crippen molar-refractivity contribution in [1.82, 2.24) is 39.2 Å². The Hall–Kier alpha value is -2.92. The van der Waals surface area contributed by atoms with Crippen LogP contribution >= 0.6 is 0 Å². The zero-order chi connectivity index (χ0) is 20.7.